The molecule has 0 saturated carbocycles. The van der Waals surface area contributed by atoms with Gasteiger partial charge in [0, 0.05) is 16.7 Å². The molecule has 25 heavy (non-hydrogen) atoms. The van der Waals surface area contributed by atoms with Crippen molar-refractivity contribution in [1.82, 2.24) is 14.5 Å². The number of H-pyrrole nitrogens is 1. The van der Waals surface area contributed by atoms with E-state index < -0.39 is 5.82 Å². The van der Waals surface area contributed by atoms with Crippen LogP contribution in [0.2, 0.25) is 0 Å². The number of halogens is 1. The van der Waals surface area contributed by atoms with Crippen LogP contribution in [0.3, 0.4) is 0 Å². The Hall–Kier alpha value is -2.60. The number of thioether (sulfide) groups is 1. The van der Waals surface area contributed by atoms with E-state index in [1.165, 1.54) is 22.4 Å². The maximum absolute atomic E-state index is 14.4. The molecule has 126 valence electrons. The molecule has 4 aromatic rings. The topological polar surface area (TPSA) is 50.7 Å². The van der Waals surface area contributed by atoms with E-state index in [4.69, 9.17) is 4.98 Å². The monoisotopic (exact) mass is 353 g/mol. The number of hydrogen-bond acceptors (Lipinski definition) is 3. The van der Waals surface area contributed by atoms with Crippen molar-refractivity contribution in [3.63, 3.8) is 0 Å². The number of nitrogens with one attached hydrogen (secondary N) is 1. The van der Waals surface area contributed by atoms with Gasteiger partial charge in [0.2, 0.25) is 0 Å². The summed E-state index contributed by atoms with van der Waals surface area (Å²) in [6, 6.07) is 13.9. The maximum atomic E-state index is 14.4. The molecule has 0 aliphatic rings. The number of para-hydroxylation sites is 2. The first-order valence-corrected chi connectivity index (χ1v) is 9.10. The van der Waals surface area contributed by atoms with Gasteiger partial charge in [-0.05, 0) is 24.6 Å². The lowest BCUT2D eigenvalue weighted by Crippen LogP contribution is -2.22. The lowest BCUT2D eigenvalue weighted by atomic mass is 10.2. The fraction of sp³-hybridized carbons (Fsp3) is 0.158. The molecule has 0 amide bonds. The Kier molecular flexibility index (Phi) is 4.05. The van der Waals surface area contributed by atoms with E-state index in [9.17, 15) is 9.18 Å². The third kappa shape index (κ3) is 2.62. The third-order valence-corrected chi connectivity index (χ3v) is 5.17. The quantitative estimate of drug-likeness (QED) is 0.434. The van der Waals surface area contributed by atoms with Crippen molar-refractivity contribution in [2.45, 2.75) is 18.5 Å². The molecule has 0 saturated heterocycles. The number of nitrogens with zero attached hydrogens (tertiary/aromatic N) is 2. The molecule has 0 spiro atoms. The van der Waals surface area contributed by atoms with Gasteiger partial charge in [0.1, 0.15) is 16.9 Å². The molecule has 0 aliphatic heterocycles. The summed E-state index contributed by atoms with van der Waals surface area (Å²) in [5.41, 5.74) is 1.81. The van der Waals surface area contributed by atoms with Gasteiger partial charge in [0.25, 0.3) is 5.56 Å². The Bertz CT molecular complexity index is 1130. The van der Waals surface area contributed by atoms with Crippen LogP contribution in [0.25, 0.3) is 27.6 Å². The van der Waals surface area contributed by atoms with E-state index in [0.717, 1.165) is 23.1 Å². The van der Waals surface area contributed by atoms with Gasteiger partial charge in [0.05, 0.1) is 5.69 Å². The van der Waals surface area contributed by atoms with Crippen LogP contribution in [0.15, 0.2) is 58.5 Å². The first kappa shape index (κ1) is 15.9. The van der Waals surface area contributed by atoms with Crippen molar-refractivity contribution in [3.8, 4) is 5.69 Å². The molecule has 4 rings (SSSR count). The molecule has 0 aliphatic carbocycles. The molecular weight excluding hydrogens is 337 g/mol. The van der Waals surface area contributed by atoms with Crippen LogP contribution in [0.5, 0.6) is 0 Å². The summed E-state index contributed by atoms with van der Waals surface area (Å²) in [4.78, 5) is 21.0. The second kappa shape index (κ2) is 6.37. The molecule has 4 nitrogen and oxygen atoms in total. The Morgan fingerprint density at radius 1 is 1.16 bits per heavy atom. The van der Waals surface area contributed by atoms with E-state index in [-0.39, 0.29) is 11.2 Å². The van der Waals surface area contributed by atoms with Crippen molar-refractivity contribution in [1.29, 1.82) is 0 Å². The largest absolute Gasteiger partial charge is 0.349 e. The fourth-order valence-corrected chi connectivity index (χ4v) is 3.73. The van der Waals surface area contributed by atoms with E-state index in [1.807, 2.05) is 24.3 Å². The molecule has 2 heterocycles. The summed E-state index contributed by atoms with van der Waals surface area (Å²) in [7, 11) is 0. The highest BCUT2D eigenvalue weighted by Gasteiger charge is 2.18. The lowest BCUT2D eigenvalue weighted by Gasteiger charge is -2.12. The van der Waals surface area contributed by atoms with Gasteiger partial charge in [-0.15, -0.1) is 0 Å². The number of aromatic nitrogens is 3. The number of benzene rings is 2. The predicted octanol–water partition coefficient (Wildman–Crippen LogP) is 4.51. The summed E-state index contributed by atoms with van der Waals surface area (Å²) in [6.45, 7) is 2.06. The summed E-state index contributed by atoms with van der Waals surface area (Å²) in [5, 5.41) is 1.41. The summed E-state index contributed by atoms with van der Waals surface area (Å²) in [5.74, 6) is 0.356. The number of rotatable bonds is 4. The minimum absolute atomic E-state index is 0.221. The zero-order valence-corrected chi connectivity index (χ0v) is 14.4. The highest BCUT2D eigenvalue weighted by atomic mass is 32.2. The first-order valence-electron chi connectivity index (χ1n) is 8.12. The Balaban J connectivity index is 2.09. The van der Waals surface area contributed by atoms with Crippen LogP contribution in [-0.2, 0) is 0 Å². The van der Waals surface area contributed by atoms with Gasteiger partial charge in [-0.25, -0.2) is 9.37 Å². The molecule has 0 fully saturated rings. The molecule has 0 atom stereocenters. The van der Waals surface area contributed by atoms with Gasteiger partial charge in [-0.1, -0.05) is 49.0 Å². The van der Waals surface area contributed by atoms with E-state index in [0.29, 0.717) is 16.2 Å². The van der Waals surface area contributed by atoms with Crippen molar-refractivity contribution >= 4 is 33.7 Å². The zero-order chi connectivity index (χ0) is 17.4. The summed E-state index contributed by atoms with van der Waals surface area (Å²) in [6.07, 6.45) is 0.934. The predicted molar refractivity (Wildman–Crippen MR) is 100 cm³/mol. The molecule has 1 N–H and O–H groups in total. The highest BCUT2D eigenvalue weighted by molar-refractivity contribution is 7.99. The number of fused-ring (bicyclic) bond motifs is 3. The second-order valence-corrected chi connectivity index (χ2v) is 6.79. The maximum Gasteiger partial charge on any atom is 0.283 e. The molecule has 0 radical (unpaired) electrons. The van der Waals surface area contributed by atoms with Crippen molar-refractivity contribution in [2.24, 2.45) is 0 Å². The van der Waals surface area contributed by atoms with Crippen LogP contribution in [0.1, 0.15) is 13.3 Å². The first-order chi connectivity index (χ1) is 12.2. The van der Waals surface area contributed by atoms with Gasteiger partial charge in [-0.3, -0.25) is 9.36 Å². The fourth-order valence-electron chi connectivity index (χ4n) is 2.88. The highest BCUT2D eigenvalue weighted by Crippen LogP contribution is 2.27. The van der Waals surface area contributed by atoms with Crippen LogP contribution in [-0.4, -0.2) is 20.3 Å². The zero-order valence-electron chi connectivity index (χ0n) is 13.6. The third-order valence-electron chi connectivity index (χ3n) is 4.02. The van der Waals surface area contributed by atoms with Crippen molar-refractivity contribution < 1.29 is 4.39 Å². The Labute approximate surface area is 147 Å². The average Bonchev–Trinajstić information content (AvgIpc) is 3.00. The molecular formula is C19H16FN3OS. The lowest BCUT2D eigenvalue weighted by molar-refractivity contribution is 0.608. The van der Waals surface area contributed by atoms with Gasteiger partial charge < -0.3 is 4.98 Å². The minimum Gasteiger partial charge on any atom is -0.349 e. The van der Waals surface area contributed by atoms with E-state index in [2.05, 4.69) is 11.9 Å². The SMILES string of the molecule is CCCSc1nc2c([nH]c3ccccc32)c(=O)n1-c1ccccc1F. The normalized spacial score (nSPS) is 11.4. The van der Waals surface area contributed by atoms with Gasteiger partial charge >= 0.3 is 0 Å². The van der Waals surface area contributed by atoms with E-state index in [1.54, 1.807) is 18.2 Å². The molecule has 6 heteroatoms. The van der Waals surface area contributed by atoms with E-state index >= 15 is 0 Å². The van der Waals surface area contributed by atoms with Gasteiger partial charge in [-0.2, -0.15) is 0 Å². The molecule has 2 aromatic carbocycles. The average molecular weight is 353 g/mol. The van der Waals surface area contributed by atoms with Crippen molar-refractivity contribution in [2.75, 3.05) is 5.75 Å². The Morgan fingerprint density at radius 3 is 2.72 bits per heavy atom. The van der Waals surface area contributed by atoms with Crippen LogP contribution in [0, 0.1) is 5.82 Å². The summed E-state index contributed by atoms with van der Waals surface area (Å²) >= 11 is 1.46. The Morgan fingerprint density at radius 2 is 1.92 bits per heavy atom. The standard InChI is InChI=1S/C19H16FN3OS/c1-2-11-25-19-22-16-12-7-3-5-9-14(12)21-17(16)18(24)23(19)15-10-6-4-8-13(15)20/h3-10,21H,2,11H2,1H3. The number of aromatic amines is 1. The van der Waals surface area contributed by atoms with Crippen molar-refractivity contribution in [3.05, 3.63) is 64.7 Å². The minimum atomic E-state index is -0.444. The van der Waals surface area contributed by atoms with Gasteiger partial charge in [0.15, 0.2) is 5.16 Å². The second-order valence-electron chi connectivity index (χ2n) is 5.73. The van der Waals surface area contributed by atoms with Crippen LogP contribution in [0.4, 0.5) is 4.39 Å². The molecule has 2 aromatic heterocycles. The summed E-state index contributed by atoms with van der Waals surface area (Å²) < 4.78 is 15.7. The smallest absolute Gasteiger partial charge is 0.283 e. The molecule has 0 bridgehead atoms. The number of hydrogen-bond donors (Lipinski definition) is 1. The molecule has 0 unspecified atom stereocenters. The van der Waals surface area contributed by atoms with Crippen LogP contribution < -0.4 is 5.56 Å². The van der Waals surface area contributed by atoms with Crippen LogP contribution >= 0.6 is 11.8 Å².